The summed E-state index contributed by atoms with van der Waals surface area (Å²) in [4.78, 5) is 48.9. The first-order valence-corrected chi connectivity index (χ1v) is 17.2. The smallest absolute Gasteiger partial charge is 0.242 e. The Labute approximate surface area is 276 Å². The molecule has 0 spiro atoms. The van der Waals surface area contributed by atoms with E-state index in [9.17, 15) is 14.4 Å². The number of hydrogen-bond acceptors (Lipinski definition) is 5. The molecule has 0 radical (unpaired) electrons. The third-order valence-corrected chi connectivity index (χ3v) is 10.9. The van der Waals surface area contributed by atoms with E-state index in [1.807, 2.05) is 63.2 Å². The van der Waals surface area contributed by atoms with Gasteiger partial charge in [0.25, 0.3) is 0 Å². The van der Waals surface area contributed by atoms with Gasteiger partial charge >= 0.3 is 0 Å². The van der Waals surface area contributed by atoms with Crippen LogP contribution in [-0.2, 0) is 24.5 Å². The molecule has 0 bridgehead atoms. The van der Waals surface area contributed by atoms with Gasteiger partial charge in [0, 0.05) is 30.0 Å². The minimum absolute atomic E-state index is 0.0472. The number of fused-ring (bicyclic) bond motifs is 1. The van der Waals surface area contributed by atoms with Crippen molar-refractivity contribution in [2.24, 2.45) is 17.3 Å². The quantitative estimate of drug-likeness (QED) is 0.201. The number of likely N-dealkylation sites (N-methyl/N-ethyl adjacent to an activating group) is 1. The SMILES string of the molecule is CCNC(=O)[C@H](NC(=O)C1(c2ccc3nc([C@@H](NC(=O)C(C)C)[C@H](c4ccccc4Cl)C4(C)CC4)[nH]c3c2)CCOC1)C1CCC1. The second kappa shape index (κ2) is 13.0. The molecule has 46 heavy (non-hydrogen) atoms. The fourth-order valence-corrected chi connectivity index (χ4v) is 7.39. The molecule has 1 aromatic heterocycles. The van der Waals surface area contributed by atoms with Crippen LogP contribution in [0.15, 0.2) is 42.5 Å². The molecular formula is C36H46ClN5O4. The van der Waals surface area contributed by atoms with E-state index in [1.54, 1.807) is 0 Å². The molecule has 1 unspecified atom stereocenters. The van der Waals surface area contributed by atoms with E-state index in [0.717, 1.165) is 54.3 Å². The van der Waals surface area contributed by atoms with Gasteiger partial charge in [-0.3, -0.25) is 14.4 Å². The number of H-pyrrole nitrogens is 1. The summed E-state index contributed by atoms with van der Waals surface area (Å²) in [5.41, 5.74) is 2.34. The highest BCUT2D eigenvalue weighted by Gasteiger charge is 2.51. The summed E-state index contributed by atoms with van der Waals surface area (Å²) in [6.45, 7) is 9.11. The number of benzene rings is 2. The van der Waals surface area contributed by atoms with Crippen molar-refractivity contribution >= 4 is 40.4 Å². The molecule has 2 aliphatic carbocycles. The summed E-state index contributed by atoms with van der Waals surface area (Å²) < 4.78 is 5.84. The van der Waals surface area contributed by atoms with Gasteiger partial charge in [-0.15, -0.1) is 0 Å². The average molecular weight is 648 g/mol. The lowest BCUT2D eigenvalue weighted by Gasteiger charge is -2.36. The Kier molecular flexibility index (Phi) is 9.18. The molecule has 3 fully saturated rings. The van der Waals surface area contributed by atoms with Gasteiger partial charge in [-0.05, 0) is 79.7 Å². The third-order valence-electron chi connectivity index (χ3n) is 10.5. The van der Waals surface area contributed by atoms with Crippen molar-refractivity contribution in [2.75, 3.05) is 19.8 Å². The maximum Gasteiger partial charge on any atom is 0.242 e. The summed E-state index contributed by atoms with van der Waals surface area (Å²) >= 11 is 6.79. The van der Waals surface area contributed by atoms with E-state index in [-0.39, 0.29) is 47.5 Å². The average Bonchev–Trinajstić information content (AvgIpc) is 3.38. The molecule has 9 nitrogen and oxygen atoms in total. The van der Waals surface area contributed by atoms with Crippen LogP contribution in [0.5, 0.6) is 0 Å². The molecule has 1 aliphatic heterocycles. The fraction of sp³-hybridized carbons (Fsp3) is 0.556. The van der Waals surface area contributed by atoms with E-state index in [0.29, 0.717) is 30.4 Å². The lowest BCUT2D eigenvalue weighted by Crippen LogP contribution is -2.57. The molecular weight excluding hydrogens is 602 g/mol. The van der Waals surface area contributed by atoms with Crippen LogP contribution in [0.1, 0.15) is 95.1 Å². The van der Waals surface area contributed by atoms with Crippen LogP contribution in [-0.4, -0.2) is 53.5 Å². The number of aromatic nitrogens is 2. The van der Waals surface area contributed by atoms with Crippen LogP contribution in [0.4, 0.5) is 0 Å². The number of rotatable bonds is 12. The number of halogens is 1. The minimum Gasteiger partial charge on any atom is -0.380 e. The molecule has 3 aromatic rings. The molecule has 1 saturated heterocycles. The van der Waals surface area contributed by atoms with Crippen molar-refractivity contribution in [3.05, 3.63) is 64.4 Å². The number of aromatic amines is 1. The molecule has 6 rings (SSSR count). The maximum absolute atomic E-state index is 14.1. The Hall–Kier alpha value is -3.43. The summed E-state index contributed by atoms with van der Waals surface area (Å²) in [6, 6.07) is 12.7. The normalized spacial score (nSPS) is 22.6. The molecule has 2 aromatic carbocycles. The number of imidazole rings is 1. The zero-order valence-corrected chi connectivity index (χ0v) is 28.0. The van der Waals surface area contributed by atoms with Crippen LogP contribution in [0.2, 0.25) is 5.02 Å². The van der Waals surface area contributed by atoms with Crippen LogP contribution < -0.4 is 16.0 Å². The van der Waals surface area contributed by atoms with Crippen molar-refractivity contribution in [1.29, 1.82) is 0 Å². The number of carbonyl (C=O) groups excluding carboxylic acids is 3. The van der Waals surface area contributed by atoms with Crippen molar-refractivity contribution < 1.29 is 19.1 Å². The molecule has 2 saturated carbocycles. The Morgan fingerprint density at radius 1 is 1.07 bits per heavy atom. The number of nitrogens with zero attached hydrogens (tertiary/aromatic N) is 1. The standard InChI is InChI=1S/C36H46ClN5O4/c1-5-38-33(44)29(22-9-8-10-22)42-34(45)36(17-18-46-20-36)23-13-14-26-27(19-23)40-31(39-26)30(41-32(43)21(2)3)28(35(4)15-16-35)24-11-6-7-12-25(24)37/h6-7,11-14,19,21-22,28-30H,5,8-10,15-18,20H2,1-4H3,(H,38,44)(H,39,40)(H,41,43)(H,42,45)/t28-,29+,30-,36?/m0/s1. The first-order chi connectivity index (χ1) is 22.1. The van der Waals surface area contributed by atoms with Crippen molar-refractivity contribution in [2.45, 2.75) is 89.6 Å². The number of nitrogens with one attached hydrogen (secondary N) is 4. The molecule has 4 atom stereocenters. The third kappa shape index (κ3) is 6.16. The van der Waals surface area contributed by atoms with Gasteiger partial charge in [0.1, 0.15) is 11.9 Å². The Balaban J connectivity index is 1.36. The predicted molar refractivity (Wildman–Crippen MR) is 178 cm³/mol. The van der Waals surface area contributed by atoms with Gasteiger partial charge in [0.15, 0.2) is 0 Å². The highest BCUT2D eigenvalue weighted by molar-refractivity contribution is 6.31. The highest BCUT2D eigenvalue weighted by atomic mass is 35.5. The van der Waals surface area contributed by atoms with E-state index >= 15 is 0 Å². The molecule has 4 N–H and O–H groups in total. The van der Waals surface area contributed by atoms with Gasteiger partial charge in [-0.1, -0.05) is 63.1 Å². The number of ether oxygens (including phenoxy) is 1. The van der Waals surface area contributed by atoms with E-state index in [1.165, 1.54) is 0 Å². The second-order valence-corrected chi connectivity index (χ2v) is 14.5. The highest BCUT2D eigenvalue weighted by Crippen LogP contribution is 2.60. The van der Waals surface area contributed by atoms with Gasteiger partial charge < -0.3 is 25.7 Å². The lowest BCUT2D eigenvalue weighted by molar-refractivity contribution is -0.134. The predicted octanol–water partition coefficient (Wildman–Crippen LogP) is 5.69. The lowest BCUT2D eigenvalue weighted by atomic mass is 9.76. The maximum atomic E-state index is 14.1. The Bertz CT molecular complexity index is 1600. The molecule has 3 amide bonds. The largest absolute Gasteiger partial charge is 0.380 e. The van der Waals surface area contributed by atoms with Crippen molar-refractivity contribution in [3.63, 3.8) is 0 Å². The van der Waals surface area contributed by atoms with Gasteiger partial charge in [0.2, 0.25) is 17.7 Å². The summed E-state index contributed by atoms with van der Waals surface area (Å²) in [5, 5.41) is 10.0. The molecule has 246 valence electrons. The van der Waals surface area contributed by atoms with Crippen LogP contribution in [0.3, 0.4) is 0 Å². The zero-order valence-electron chi connectivity index (χ0n) is 27.3. The topological polar surface area (TPSA) is 125 Å². The zero-order chi connectivity index (χ0) is 32.6. The number of carbonyl (C=O) groups is 3. The number of amides is 3. The monoisotopic (exact) mass is 647 g/mol. The molecule has 10 heteroatoms. The first-order valence-electron chi connectivity index (χ1n) is 16.8. The van der Waals surface area contributed by atoms with Crippen LogP contribution in [0, 0.1) is 17.3 Å². The Morgan fingerprint density at radius 3 is 2.43 bits per heavy atom. The minimum atomic E-state index is -0.930. The summed E-state index contributed by atoms with van der Waals surface area (Å²) in [5.74, 6) is 0.124. The van der Waals surface area contributed by atoms with Gasteiger partial charge in [-0.2, -0.15) is 0 Å². The first kappa shape index (κ1) is 32.5. The van der Waals surface area contributed by atoms with E-state index < -0.39 is 17.5 Å². The van der Waals surface area contributed by atoms with Crippen LogP contribution >= 0.6 is 11.6 Å². The Morgan fingerprint density at radius 2 is 1.83 bits per heavy atom. The van der Waals surface area contributed by atoms with Crippen molar-refractivity contribution in [1.82, 2.24) is 25.9 Å². The van der Waals surface area contributed by atoms with Gasteiger partial charge in [0.05, 0.1) is 29.1 Å². The van der Waals surface area contributed by atoms with E-state index in [4.69, 9.17) is 21.3 Å². The van der Waals surface area contributed by atoms with Crippen LogP contribution in [0.25, 0.3) is 11.0 Å². The molecule has 3 aliphatic rings. The fourth-order valence-electron chi connectivity index (χ4n) is 7.13. The van der Waals surface area contributed by atoms with Crippen molar-refractivity contribution in [3.8, 4) is 0 Å². The number of hydrogen-bond donors (Lipinski definition) is 4. The second-order valence-electron chi connectivity index (χ2n) is 14.1. The summed E-state index contributed by atoms with van der Waals surface area (Å²) in [7, 11) is 0. The molecule has 2 heterocycles. The van der Waals surface area contributed by atoms with Gasteiger partial charge in [-0.25, -0.2) is 4.98 Å². The van der Waals surface area contributed by atoms with E-state index in [2.05, 4.69) is 27.9 Å². The summed E-state index contributed by atoms with van der Waals surface area (Å²) in [6.07, 6.45) is 5.49.